The van der Waals surface area contributed by atoms with Crippen LogP contribution >= 0.6 is 0 Å². The molecule has 266 valence electrons. The van der Waals surface area contributed by atoms with Gasteiger partial charge in [0, 0.05) is 33.2 Å². The average molecular weight is 727 g/mol. The zero-order chi connectivity index (χ0) is 37.7. The molecule has 11 rings (SSSR count). The average Bonchev–Trinajstić information content (AvgIpc) is 3.59. The van der Waals surface area contributed by atoms with Crippen LogP contribution in [0.15, 0.2) is 206 Å². The van der Waals surface area contributed by atoms with Crippen LogP contribution in [0.1, 0.15) is 0 Å². The monoisotopic (exact) mass is 726 g/mol. The van der Waals surface area contributed by atoms with E-state index in [0.717, 1.165) is 50.1 Å². The van der Waals surface area contributed by atoms with Crippen molar-refractivity contribution in [3.63, 3.8) is 0 Å². The largest absolute Gasteiger partial charge is 0.309 e. The molecule has 4 nitrogen and oxygen atoms in total. The second-order valence-electron chi connectivity index (χ2n) is 14.5. The van der Waals surface area contributed by atoms with E-state index in [2.05, 4.69) is 199 Å². The molecule has 0 unspecified atom stereocenters. The van der Waals surface area contributed by atoms with Crippen molar-refractivity contribution in [2.45, 2.75) is 0 Å². The van der Waals surface area contributed by atoms with Crippen LogP contribution in [0.4, 0.5) is 0 Å². The third-order valence-electron chi connectivity index (χ3n) is 11.0. The number of benzene rings is 9. The summed E-state index contributed by atoms with van der Waals surface area (Å²) in [5.41, 5.74) is 10.7. The highest BCUT2D eigenvalue weighted by atomic mass is 15.0. The molecule has 0 radical (unpaired) electrons. The minimum Gasteiger partial charge on any atom is -0.309 e. The summed E-state index contributed by atoms with van der Waals surface area (Å²) in [5.74, 6) is 1.87. The molecule has 0 saturated heterocycles. The van der Waals surface area contributed by atoms with Gasteiger partial charge in [-0.1, -0.05) is 164 Å². The predicted octanol–water partition coefficient (Wildman–Crippen LogP) is 13.6. The van der Waals surface area contributed by atoms with E-state index >= 15 is 0 Å². The van der Waals surface area contributed by atoms with E-state index in [1.54, 1.807) is 0 Å². The molecule has 0 atom stereocenters. The lowest BCUT2D eigenvalue weighted by Gasteiger charge is -2.12. The first-order chi connectivity index (χ1) is 28.2. The number of hydrogen-bond acceptors (Lipinski definition) is 3. The normalized spacial score (nSPS) is 11.5. The number of rotatable bonds is 6. The Morgan fingerprint density at radius 3 is 1.21 bits per heavy atom. The highest BCUT2D eigenvalue weighted by Gasteiger charge is 2.18. The molecule has 0 N–H and O–H groups in total. The van der Waals surface area contributed by atoms with Gasteiger partial charge in [-0.2, -0.15) is 0 Å². The molecule has 0 aliphatic rings. The van der Waals surface area contributed by atoms with Crippen molar-refractivity contribution >= 4 is 43.4 Å². The molecule has 11 aromatic rings. The zero-order valence-corrected chi connectivity index (χ0v) is 30.9. The molecular formula is C53H34N4. The highest BCUT2D eigenvalue weighted by Crippen LogP contribution is 2.38. The summed E-state index contributed by atoms with van der Waals surface area (Å²) < 4.78 is 2.39. The van der Waals surface area contributed by atoms with Gasteiger partial charge in [-0.15, -0.1) is 0 Å². The first kappa shape index (κ1) is 32.7. The minimum atomic E-state index is 0.616. The van der Waals surface area contributed by atoms with E-state index in [1.807, 2.05) is 12.1 Å². The van der Waals surface area contributed by atoms with Crippen molar-refractivity contribution in [3.05, 3.63) is 206 Å². The molecule has 57 heavy (non-hydrogen) atoms. The van der Waals surface area contributed by atoms with E-state index in [9.17, 15) is 0 Å². The number of aromatic nitrogens is 4. The fourth-order valence-corrected chi connectivity index (χ4v) is 8.12. The van der Waals surface area contributed by atoms with Gasteiger partial charge in [0.2, 0.25) is 0 Å². The van der Waals surface area contributed by atoms with Gasteiger partial charge >= 0.3 is 0 Å². The van der Waals surface area contributed by atoms with Crippen molar-refractivity contribution in [2.75, 3.05) is 0 Å². The van der Waals surface area contributed by atoms with Crippen molar-refractivity contribution in [2.24, 2.45) is 0 Å². The third kappa shape index (κ3) is 5.92. The zero-order valence-electron chi connectivity index (χ0n) is 30.9. The maximum Gasteiger partial charge on any atom is 0.164 e. The van der Waals surface area contributed by atoms with Gasteiger partial charge in [0.05, 0.1) is 11.0 Å². The first-order valence-corrected chi connectivity index (χ1v) is 19.3. The molecule has 0 saturated carbocycles. The van der Waals surface area contributed by atoms with Gasteiger partial charge in [0.1, 0.15) is 0 Å². The predicted molar refractivity (Wildman–Crippen MR) is 236 cm³/mol. The SMILES string of the molecule is c1ccc(-c2ccc(-c3nc(-c4cccc(-c5ccccc5)c4)nc(-c4cccc(-n5c6cc7ccccc7cc6c6cc7ccccc7cc65)c4)n3)cc2)cc1. The fraction of sp³-hybridized carbons (Fsp3) is 0. The van der Waals surface area contributed by atoms with E-state index in [4.69, 9.17) is 15.0 Å². The third-order valence-corrected chi connectivity index (χ3v) is 11.0. The smallest absolute Gasteiger partial charge is 0.164 e. The molecule has 2 heterocycles. The Hall–Kier alpha value is -7.69. The summed E-state index contributed by atoms with van der Waals surface area (Å²) in [6.45, 7) is 0. The molecule has 0 fully saturated rings. The quantitative estimate of drug-likeness (QED) is 0.171. The van der Waals surface area contributed by atoms with Gasteiger partial charge < -0.3 is 4.57 Å². The lowest BCUT2D eigenvalue weighted by Crippen LogP contribution is -2.01. The summed E-state index contributed by atoms with van der Waals surface area (Å²) in [7, 11) is 0. The van der Waals surface area contributed by atoms with E-state index in [-0.39, 0.29) is 0 Å². The number of fused-ring (bicyclic) bond motifs is 5. The van der Waals surface area contributed by atoms with Gasteiger partial charge in [-0.25, -0.2) is 15.0 Å². The Balaban J connectivity index is 1.10. The van der Waals surface area contributed by atoms with Gasteiger partial charge in [-0.3, -0.25) is 0 Å². The topological polar surface area (TPSA) is 43.6 Å². The van der Waals surface area contributed by atoms with Gasteiger partial charge in [0.15, 0.2) is 17.5 Å². The Labute approximate surface area is 330 Å². The van der Waals surface area contributed by atoms with Crippen LogP contribution in [0.3, 0.4) is 0 Å². The summed E-state index contributed by atoms with van der Waals surface area (Å²) in [6.07, 6.45) is 0. The van der Waals surface area contributed by atoms with Crippen molar-refractivity contribution in [3.8, 4) is 62.1 Å². The summed E-state index contributed by atoms with van der Waals surface area (Å²) >= 11 is 0. The molecule has 0 spiro atoms. The van der Waals surface area contributed by atoms with Crippen LogP contribution in [0.25, 0.3) is 105 Å². The Morgan fingerprint density at radius 2 is 0.649 bits per heavy atom. The maximum atomic E-state index is 5.20. The lowest BCUT2D eigenvalue weighted by atomic mass is 10.0. The summed E-state index contributed by atoms with van der Waals surface area (Å²) in [5, 5.41) is 7.31. The second-order valence-corrected chi connectivity index (χ2v) is 14.5. The maximum absolute atomic E-state index is 5.20. The van der Waals surface area contributed by atoms with E-state index in [1.165, 1.54) is 37.9 Å². The first-order valence-electron chi connectivity index (χ1n) is 19.3. The highest BCUT2D eigenvalue weighted by molar-refractivity contribution is 6.16. The fourth-order valence-electron chi connectivity index (χ4n) is 8.12. The molecule has 0 aliphatic carbocycles. The van der Waals surface area contributed by atoms with Crippen molar-refractivity contribution < 1.29 is 0 Å². The Kier molecular flexibility index (Phi) is 7.78. The number of hydrogen-bond donors (Lipinski definition) is 0. The second kappa shape index (κ2) is 13.6. The van der Waals surface area contributed by atoms with Crippen LogP contribution in [0, 0.1) is 0 Å². The van der Waals surface area contributed by atoms with E-state index < -0.39 is 0 Å². The van der Waals surface area contributed by atoms with Crippen LogP contribution < -0.4 is 0 Å². The van der Waals surface area contributed by atoms with Gasteiger partial charge in [0.25, 0.3) is 0 Å². The summed E-state index contributed by atoms with van der Waals surface area (Å²) in [6, 6.07) is 72.9. The Bertz CT molecular complexity index is 3180. The van der Waals surface area contributed by atoms with E-state index in [0.29, 0.717) is 17.5 Å². The molecule has 0 aliphatic heterocycles. The molecule has 9 aromatic carbocycles. The molecule has 4 heteroatoms. The summed E-state index contributed by atoms with van der Waals surface area (Å²) in [4.78, 5) is 15.5. The lowest BCUT2D eigenvalue weighted by molar-refractivity contribution is 1.07. The Morgan fingerprint density at radius 1 is 0.263 bits per heavy atom. The van der Waals surface area contributed by atoms with Crippen LogP contribution in [0.2, 0.25) is 0 Å². The van der Waals surface area contributed by atoms with Crippen molar-refractivity contribution in [1.82, 2.24) is 19.5 Å². The van der Waals surface area contributed by atoms with Crippen LogP contribution in [-0.2, 0) is 0 Å². The molecule has 0 amide bonds. The minimum absolute atomic E-state index is 0.616. The molecule has 2 aromatic heterocycles. The van der Waals surface area contributed by atoms with Crippen LogP contribution in [-0.4, -0.2) is 19.5 Å². The van der Waals surface area contributed by atoms with Gasteiger partial charge in [-0.05, 0) is 86.3 Å². The molecular weight excluding hydrogens is 693 g/mol. The van der Waals surface area contributed by atoms with Crippen molar-refractivity contribution in [1.29, 1.82) is 0 Å². The molecule has 0 bridgehead atoms. The number of nitrogens with zero attached hydrogens (tertiary/aromatic N) is 4. The van der Waals surface area contributed by atoms with Crippen LogP contribution in [0.5, 0.6) is 0 Å². The standard InChI is InChI=1S/C53H34N4/c1-3-13-35(14-4-1)37-25-27-38(28-26-37)51-54-52(44-22-11-21-39(29-44)36-15-5-2-6-16-36)56-53(55-51)45-23-12-24-46(30-45)57-49-33-42-19-9-7-17-40(42)31-47(49)48-32-41-18-8-10-20-43(41)34-50(48)57/h1-34H.